The van der Waals surface area contributed by atoms with Gasteiger partial charge in [0.2, 0.25) is 0 Å². The third-order valence-corrected chi connectivity index (χ3v) is 4.65. The van der Waals surface area contributed by atoms with Crippen molar-refractivity contribution in [1.82, 2.24) is 4.90 Å². The molecule has 1 heterocycles. The fourth-order valence-corrected chi connectivity index (χ4v) is 3.30. The molecule has 25 heavy (non-hydrogen) atoms. The lowest BCUT2D eigenvalue weighted by atomic mass is 9.94. The van der Waals surface area contributed by atoms with Crippen molar-refractivity contribution < 1.29 is 18.0 Å². The van der Waals surface area contributed by atoms with E-state index >= 15 is 0 Å². The van der Waals surface area contributed by atoms with Crippen LogP contribution in [0, 0.1) is 5.82 Å². The highest BCUT2D eigenvalue weighted by Gasteiger charge is 2.47. The molecule has 0 saturated carbocycles. The number of rotatable bonds is 3. The predicted octanol–water partition coefficient (Wildman–Crippen LogP) is 3.52. The van der Waals surface area contributed by atoms with Crippen LogP contribution in [0.3, 0.4) is 0 Å². The van der Waals surface area contributed by atoms with E-state index in [1.54, 1.807) is 12.1 Å². The van der Waals surface area contributed by atoms with Crippen molar-refractivity contribution in [2.24, 2.45) is 5.73 Å². The normalized spacial score (nSPS) is 20.8. The molecule has 1 aliphatic rings. The number of nitrogens with two attached hydrogens (primary N) is 1. The van der Waals surface area contributed by atoms with E-state index in [4.69, 9.17) is 17.3 Å². The van der Waals surface area contributed by atoms with Crippen LogP contribution < -0.4 is 5.73 Å². The van der Waals surface area contributed by atoms with Gasteiger partial charge in [0.15, 0.2) is 0 Å². The van der Waals surface area contributed by atoms with Crippen molar-refractivity contribution in [2.45, 2.75) is 17.9 Å². The molecule has 0 bridgehead atoms. The van der Waals surface area contributed by atoms with Crippen LogP contribution >= 0.6 is 11.6 Å². The summed E-state index contributed by atoms with van der Waals surface area (Å²) in [6, 6.07) is 10.4. The molecule has 132 valence electrons. The van der Waals surface area contributed by atoms with Gasteiger partial charge < -0.3 is 10.6 Å². The average Bonchev–Trinajstić information content (AvgIpc) is 2.96. The van der Waals surface area contributed by atoms with Gasteiger partial charge in [-0.15, -0.1) is 0 Å². The van der Waals surface area contributed by atoms with Crippen LogP contribution in [0.15, 0.2) is 48.5 Å². The number of nitrogens with zero attached hydrogens (tertiary/aromatic N) is 1. The Balaban J connectivity index is 1.83. The zero-order valence-corrected chi connectivity index (χ0v) is 13.9. The molecule has 0 radical (unpaired) electrons. The highest BCUT2D eigenvalue weighted by atomic mass is 35.5. The van der Waals surface area contributed by atoms with Crippen molar-refractivity contribution in [1.29, 1.82) is 0 Å². The number of halogens is 4. The summed E-state index contributed by atoms with van der Waals surface area (Å²) in [4.78, 5) is 13.4. The Hall–Kier alpha value is -2.05. The number of carbonyl (C=O) groups is 1. The first-order valence-corrected chi connectivity index (χ1v) is 8.11. The number of carbonyl (C=O) groups excluding carboxylic acids is 1. The van der Waals surface area contributed by atoms with E-state index in [9.17, 15) is 18.0 Å². The van der Waals surface area contributed by atoms with Crippen LogP contribution in [-0.4, -0.2) is 29.9 Å². The smallest absolute Gasteiger partial charge is 0.335 e. The second-order valence-electron chi connectivity index (χ2n) is 6.09. The summed E-state index contributed by atoms with van der Waals surface area (Å²) in [5.74, 6) is -6.07. The molecule has 7 heteroatoms. The van der Waals surface area contributed by atoms with Crippen molar-refractivity contribution >= 4 is 17.5 Å². The summed E-state index contributed by atoms with van der Waals surface area (Å²) in [7, 11) is 0. The number of likely N-dealkylation sites (tertiary alicyclic amines) is 1. The molecule has 0 aliphatic carbocycles. The van der Waals surface area contributed by atoms with Gasteiger partial charge in [0.05, 0.1) is 0 Å². The van der Waals surface area contributed by atoms with Gasteiger partial charge in [-0.05, 0) is 23.8 Å². The Kier molecular flexibility index (Phi) is 4.75. The molecule has 1 saturated heterocycles. The summed E-state index contributed by atoms with van der Waals surface area (Å²) in [6.07, 6.45) is 0. The largest absolute Gasteiger partial charge is 0.350 e. The van der Waals surface area contributed by atoms with E-state index in [1.165, 1.54) is 24.3 Å². The molecule has 2 atom stereocenters. The Bertz CT molecular complexity index is 799. The predicted molar refractivity (Wildman–Crippen MR) is 89.0 cm³/mol. The maximum absolute atomic E-state index is 14.6. The molecule has 1 aliphatic heterocycles. The van der Waals surface area contributed by atoms with Crippen molar-refractivity contribution in [2.75, 3.05) is 13.1 Å². The lowest BCUT2D eigenvalue weighted by Crippen LogP contribution is -2.41. The van der Waals surface area contributed by atoms with E-state index in [0.29, 0.717) is 5.56 Å². The molecule has 3 rings (SSSR count). The summed E-state index contributed by atoms with van der Waals surface area (Å²) in [5, 5.41) is 0.118. The lowest BCUT2D eigenvalue weighted by Gasteiger charge is -2.23. The second-order valence-corrected chi connectivity index (χ2v) is 6.52. The summed E-state index contributed by atoms with van der Waals surface area (Å²) < 4.78 is 43.1. The quantitative estimate of drug-likeness (QED) is 0.901. The average molecular weight is 369 g/mol. The SMILES string of the molecule is N[C@@H]1CN(C(=O)C(F)(F)c2cccc(Cl)c2)C[C@H]1c1ccccc1F. The minimum absolute atomic E-state index is 0.0584. The molecule has 2 N–H and O–H groups in total. The van der Waals surface area contributed by atoms with Gasteiger partial charge in [-0.1, -0.05) is 41.9 Å². The van der Waals surface area contributed by atoms with Gasteiger partial charge in [0, 0.05) is 35.6 Å². The molecule has 0 spiro atoms. The van der Waals surface area contributed by atoms with Crippen molar-refractivity contribution in [3.8, 4) is 0 Å². The first-order chi connectivity index (χ1) is 11.8. The van der Waals surface area contributed by atoms with Crippen molar-refractivity contribution in [3.05, 3.63) is 70.5 Å². The number of benzene rings is 2. The molecular weight excluding hydrogens is 353 g/mol. The van der Waals surface area contributed by atoms with E-state index in [1.807, 2.05) is 0 Å². The second kappa shape index (κ2) is 6.69. The molecular formula is C18H16ClF3N2O. The fraction of sp³-hybridized carbons (Fsp3) is 0.278. The van der Waals surface area contributed by atoms with Gasteiger partial charge in [0.1, 0.15) is 5.82 Å². The number of amides is 1. The van der Waals surface area contributed by atoms with Crippen LogP contribution in [0.1, 0.15) is 17.0 Å². The van der Waals surface area contributed by atoms with E-state index in [-0.39, 0.29) is 18.1 Å². The monoisotopic (exact) mass is 368 g/mol. The van der Waals surface area contributed by atoms with E-state index < -0.39 is 35.2 Å². The molecule has 2 aromatic carbocycles. The van der Waals surface area contributed by atoms with Gasteiger partial charge in [-0.2, -0.15) is 8.78 Å². The molecule has 0 unspecified atom stereocenters. The highest BCUT2D eigenvalue weighted by Crippen LogP contribution is 2.35. The number of alkyl halides is 2. The van der Waals surface area contributed by atoms with Crippen LogP contribution in [-0.2, 0) is 10.7 Å². The minimum Gasteiger partial charge on any atom is -0.335 e. The Morgan fingerprint density at radius 2 is 1.88 bits per heavy atom. The van der Waals surface area contributed by atoms with E-state index in [0.717, 1.165) is 17.0 Å². The van der Waals surface area contributed by atoms with Gasteiger partial charge in [0.25, 0.3) is 5.91 Å². The number of hydrogen-bond donors (Lipinski definition) is 1. The fourth-order valence-electron chi connectivity index (χ4n) is 3.11. The maximum atomic E-state index is 14.6. The van der Waals surface area contributed by atoms with Crippen molar-refractivity contribution in [3.63, 3.8) is 0 Å². The molecule has 1 amide bonds. The summed E-state index contributed by atoms with van der Waals surface area (Å²) >= 11 is 5.74. The Morgan fingerprint density at radius 1 is 1.16 bits per heavy atom. The lowest BCUT2D eigenvalue weighted by molar-refractivity contribution is -0.157. The first-order valence-electron chi connectivity index (χ1n) is 7.74. The maximum Gasteiger partial charge on any atom is 0.350 e. The molecule has 1 fully saturated rings. The third kappa shape index (κ3) is 3.37. The number of hydrogen-bond acceptors (Lipinski definition) is 2. The van der Waals surface area contributed by atoms with E-state index in [2.05, 4.69) is 0 Å². The topological polar surface area (TPSA) is 46.3 Å². The van der Waals surface area contributed by atoms with Gasteiger partial charge in [-0.25, -0.2) is 4.39 Å². The van der Waals surface area contributed by atoms with Crippen LogP contribution in [0.4, 0.5) is 13.2 Å². The van der Waals surface area contributed by atoms with Crippen LogP contribution in [0.2, 0.25) is 5.02 Å². The van der Waals surface area contributed by atoms with Crippen LogP contribution in [0.25, 0.3) is 0 Å². The van der Waals surface area contributed by atoms with Crippen LogP contribution in [0.5, 0.6) is 0 Å². The summed E-state index contributed by atoms with van der Waals surface area (Å²) in [6.45, 7) is -0.120. The zero-order chi connectivity index (χ0) is 18.2. The molecule has 2 aromatic rings. The standard InChI is InChI=1S/C18H16ClF3N2O/c19-12-5-3-4-11(8-12)18(21,22)17(25)24-9-14(16(23)10-24)13-6-1-2-7-15(13)20/h1-8,14,16H,9-10,23H2/t14-,16+/m0/s1. The first kappa shape index (κ1) is 17.8. The zero-order valence-electron chi connectivity index (χ0n) is 13.1. The Labute approximate surface area is 148 Å². The Morgan fingerprint density at radius 3 is 2.56 bits per heavy atom. The minimum atomic E-state index is -3.73. The highest BCUT2D eigenvalue weighted by molar-refractivity contribution is 6.30. The summed E-state index contributed by atoms with van der Waals surface area (Å²) in [5.41, 5.74) is 5.84. The molecule has 3 nitrogen and oxygen atoms in total. The van der Waals surface area contributed by atoms with Gasteiger partial charge >= 0.3 is 5.92 Å². The van der Waals surface area contributed by atoms with Gasteiger partial charge in [-0.3, -0.25) is 4.79 Å². The molecule has 0 aromatic heterocycles. The third-order valence-electron chi connectivity index (χ3n) is 4.41.